The number of anilines is 1. The Kier molecular flexibility index (Phi) is 6.09. The standard InChI is InChI=1S/C23H23F2N3O2/c24-18-5-3-17(4-6-18)23(29)26-16-21(22-2-1-15-30-22)28-13-11-27(12-14-28)20-9-7-19(25)8-10-20/h1-10,15,21H,11-14,16H2,(H,26,29). The molecule has 1 amide bonds. The second-order valence-electron chi connectivity index (χ2n) is 7.25. The molecule has 5 nitrogen and oxygen atoms in total. The number of hydrogen-bond acceptors (Lipinski definition) is 4. The number of nitrogens with zero attached hydrogens (tertiary/aromatic N) is 2. The monoisotopic (exact) mass is 411 g/mol. The molecule has 1 saturated heterocycles. The van der Waals surface area contributed by atoms with Crippen LogP contribution in [0.5, 0.6) is 0 Å². The van der Waals surface area contributed by atoms with Gasteiger partial charge in [-0.05, 0) is 60.7 Å². The number of hydrogen-bond donors (Lipinski definition) is 1. The van der Waals surface area contributed by atoms with Crippen molar-refractivity contribution in [2.45, 2.75) is 6.04 Å². The van der Waals surface area contributed by atoms with Crippen LogP contribution in [0, 0.1) is 11.6 Å². The molecule has 30 heavy (non-hydrogen) atoms. The minimum Gasteiger partial charge on any atom is -0.468 e. The molecule has 1 aliphatic heterocycles. The third-order valence-corrected chi connectivity index (χ3v) is 5.38. The minimum atomic E-state index is -0.376. The first-order chi connectivity index (χ1) is 14.6. The molecule has 0 spiro atoms. The molecule has 1 unspecified atom stereocenters. The highest BCUT2D eigenvalue weighted by molar-refractivity contribution is 5.94. The van der Waals surface area contributed by atoms with Crippen LogP contribution in [0.2, 0.25) is 0 Å². The van der Waals surface area contributed by atoms with Gasteiger partial charge < -0.3 is 14.6 Å². The predicted molar refractivity (Wildman–Crippen MR) is 110 cm³/mol. The Balaban J connectivity index is 1.40. The second kappa shape index (κ2) is 9.09. The Morgan fingerprint density at radius 1 is 0.933 bits per heavy atom. The fourth-order valence-electron chi connectivity index (χ4n) is 3.73. The van der Waals surface area contributed by atoms with Gasteiger partial charge in [-0.1, -0.05) is 0 Å². The Labute approximate surface area is 173 Å². The predicted octanol–water partition coefficient (Wildman–Crippen LogP) is 3.85. The van der Waals surface area contributed by atoms with Crippen molar-refractivity contribution in [2.24, 2.45) is 0 Å². The van der Waals surface area contributed by atoms with E-state index < -0.39 is 0 Å². The van der Waals surface area contributed by atoms with E-state index in [4.69, 9.17) is 4.42 Å². The van der Waals surface area contributed by atoms with Gasteiger partial charge in [0.15, 0.2) is 0 Å². The molecule has 1 fully saturated rings. The van der Waals surface area contributed by atoms with Gasteiger partial charge in [-0.3, -0.25) is 9.69 Å². The molecule has 3 aromatic rings. The summed E-state index contributed by atoms with van der Waals surface area (Å²) >= 11 is 0. The van der Waals surface area contributed by atoms with Crippen molar-refractivity contribution in [1.82, 2.24) is 10.2 Å². The number of carbonyl (C=O) groups excluding carboxylic acids is 1. The third-order valence-electron chi connectivity index (χ3n) is 5.38. The number of rotatable bonds is 6. The largest absolute Gasteiger partial charge is 0.468 e. The first kappa shape index (κ1) is 20.1. The third kappa shape index (κ3) is 4.68. The van der Waals surface area contributed by atoms with Crippen LogP contribution in [-0.4, -0.2) is 43.5 Å². The highest BCUT2D eigenvalue weighted by Crippen LogP contribution is 2.24. The van der Waals surface area contributed by atoms with Gasteiger partial charge in [-0.2, -0.15) is 0 Å². The number of amides is 1. The summed E-state index contributed by atoms with van der Waals surface area (Å²) in [5, 5.41) is 2.93. The molecular weight excluding hydrogens is 388 g/mol. The van der Waals surface area contributed by atoms with Crippen LogP contribution in [-0.2, 0) is 0 Å². The van der Waals surface area contributed by atoms with Crippen molar-refractivity contribution < 1.29 is 18.0 Å². The summed E-state index contributed by atoms with van der Waals surface area (Å²) in [5.74, 6) is -0.0904. The first-order valence-corrected chi connectivity index (χ1v) is 9.92. The number of furan rings is 1. The average molecular weight is 411 g/mol. The van der Waals surface area contributed by atoms with Crippen molar-refractivity contribution in [2.75, 3.05) is 37.6 Å². The molecule has 0 radical (unpaired) electrons. The molecule has 0 saturated carbocycles. The van der Waals surface area contributed by atoms with E-state index in [0.29, 0.717) is 12.1 Å². The van der Waals surface area contributed by atoms with Crippen molar-refractivity contribution >= 4 is 11.6 Å². The number of nitrogens with one attached hydrogen (secondary N) is 1. The second-order valence-corrected chi connectivity index (χ2v) is 7.25. The van der Waals surface area contributed by atoms with Gasteiger partial charge in [-0.25, -0.2) is 8.78 Å². The average Bonchev–Trinajstić information content (AvgIpc) is 3.30. The summed E-state index contributed by atoms with van der Waals surface area (Å²) in [6, 6.07) is 15.6. The van der Waals surface area contributed by atoms with Gasteiger partial charge in [0.1, 0.15) is 17.4 Å². The SMILES string of the molecule is O=C(NCC(c1ccco1)N1CCN(c2ccc(F)cc2)CC1)c1ccc(F)cc1. The Morgan fingerprint density at radius 3 is 2.17 bits per heavy atom. The van der Waals surface area contributed by atoms with E-state index in [1.807, 2.05) is 12.1 Å². The molecule has 2 aromatic carbocycles. The van der Waals surface area contributed by atoms with Crippen LogP contribution in [0.3, 0.4) is 0 Å². The topological polar surface area (TPSA) is 48.7 Å². The van der Waals surface area contributed by atoms with E-state index in [-0.39, 0.29) is 23.6 Å². The lowest BCUT2D eigenvalue weighted by Gasteiger charge is -2.39. The molecule has 4 rings (SSSR count). The summed E-state index contributed by atoms with van der Waals surface area (Å²) in [6.45, 7) is 3.49. The molecule has 0 bridgehead atoms. The maximum absolute atomic E-state index is 13.2. The summed E-state index contributed by atoms with van der Waals surface area (Å²) < 4.78 is 31.9. The smallest absolute Gasteiger partial charge is 0.251 e. The van der Waals surface area contributed by atoms with Crippen molar-refractivity contribution in [1.29, 1.82) is 0 Å². The van der Waals surface area contributed by atoms with Gasteiger partial charge in [0.2, 0.25) is 0 Å². The summed E-state index contributed by atoms with van der Waals surface area (Å²) in [6.07, 6.45) is 1.62. The fourth-order valence-corrected chi connectivity index (χ4v) is 3.73. The van der Waals surface area contributed by atoms with Gasteiger partial charge in [0, 0.05) is 44.0 Å². The lowest BCUT2D eigenvalue weighted by Crippen LogP contribution is -2.49. The molecule has 7 heteroatoms. The van der Waals surface area contributed by atoms with E-state index in [0.717, 1.165) is 37.6 Å². The summed E-state index contributed by atoms with van der Waals surface area (Å²) in [4.78, 5) is 16.9. The molecule has 1 N–H and O–H groups in total. The maximum Gasteiger partial charge on any atom is 0.251 e. The number of benzene rings is 2. The molecular formula is C23H23F2N3O2. The fraction of sp³-hybridized carbons (Fsp3) is 0.261. The molecule has 2 heterocycles. The number of carbonyl (C=O) groups is 1. The minimum absolute atomic E-state index is 0.111. The number of piperazine rings is 1. The highest BCUT2D eigenvalue weighted by atomic mass is 19.1. The van der Waals surface area contributed by atoms with Crippen LogP contribution in [0.15, 0.2) is 71.3 Å². The van der Waals surface area contributed by atoms with Crippen molar-refractivity contribution in [3.63, 3.8) is 0 Å². The maximum atomic E-state index is 13.2. The highest BCUT2D eigenvalue weighted by Gasteiger charge is 2.27. The van der Waals surface area contributed by atoms with Gasteiger partial charge in [0.05, 0.1) is 12.3 Å². The zero-order valence-electron chi connectivity index (χ0n) is 16.4. The quantitative estimate of drug-likeness (QED) is 0.669. The van der Waals surface area contributed by atoms with Gasteiger partial charge in [-0.15, -0.1) is 0 Å². The molecule has 1 aliphatic rings. The first-order valence-electron chi connectivity index (χ1n) is 9.92. The summed E-state index contributed by atoms with van der Waals surface area (Å²) in [5.41, 5.74) is 1.41. The van der Waals surface area contributed by atoms with E-state index in [1.165, 1.54) is 36.4 Å². The molecule has 1 atom stereocenters. The van der Waals surface area contributed by atoms with Crippen molar-refractivity contribution in [3.8, 4) is 0 Å². The lowest BCUT2D eigenvalue weighted by atomic mass is 10.1. The Hall–Kier alpha value is -3.19. The van der Waals surface area contributed by atoms with Crippen LogP contribution in [0.25, 0.3) is 0 Å². The molecule has 156 valence electrons. The van der Waals surface area contributed by atoms with Gasteiger partial charge >= 0.3 is 0 Å². The number of halogens is 2. The van der Waals surface area contributed by atoms with Crippen LogP contribution < -0.4 is 10.2 Å². The summed E-state index contributed by atoms with van der Waals surface area (Å²) in [7, 11) is 0. The zero-order chi connectivity index (χ0) is 20.9. The zero-order valence-corrected chi connectivity index (χ0v) is 16.4. The lowest BCUT2D eigenvalue weighted by molar-refractivity contribution is 0.0923. The van der Waals surface area contributed by atoms with Crippen LogP contribution in [0.4, 0.5) is 14.5 Å². The van der Waals surface area contributed by atoms with E-state index in [1.54, 1.807) is 18.4 Å². The van der Waals surface area contributed by atoms with Crippen LogP contribution in [0.1, 0.15) is 22.2 Å². The Bertz CT molecular complexity index is 951. The normalized spacial score (nSPS) is 15.7. The van der Waals surface area contributed by atoms with E-state index in [9.17, 15) is 13.6 Å². The van der Waals surface area contributed by atoms with E-state index >= 15 is 0 Å². The van der Waals surface area contributed by atoms with Crippen molar-refractivity contribution in [3.05, 3.63) is 89.9 Å². The van der Waals surface area contributed by atoms with Gasteiger partial charge in [0.25, 0.3) is 5.91 Å². The molecule has 1 aromatic heterocycles. The van der Waals surface area contributed by atoms with E-state index in [2.05, 4.69) is 15.1 Å². The van der Waals surface area contributed by atoms with Crippen LogP contribution >= 0.6 is 0 Å². The Morgan fingerprint density at radius 2 is 1.57 bits per heavy atom. The molecule has 0 aliphatic carbocycles.